The van der Waals surface area contributed by atoms with Gasteiger partial charge in [0.15, 0.2) is 0 Å². The summed E-state index contributed by atoms with van der Waals surface area (Å²) in [5, 5.41) is 0. The van der Waals surface area contributed by atoms with E-state index in [2.05, 4.69) is 41.1 Å². The molecule has 0 aromatic carbocycles. The van der Waals surface area contributed by atoms with Gasteiger partial charge in [0, 0.05) is 35.3 Å². The molecule has 2 aromatic heterocycles. The van der Waals surface area contributed by atoms with E-state index in [0.717, 1.165) is 16.7 Å². The summed E-state index contributed by atoms with van der Waals surface area (Å²) in [5.74, 6) is 3.82. The fourth-order valence-corrected chi connectivity index (χ4v) is 2.21. The van der Waals surface area contributed by atoms with Crippen LogP contribution in [0.5, 0.6) is 5.88 Å². The Kier molecular flexibility index (Phi) is 4.21. The molecule has 0 radical (unpaired) electrons. The molecule has 0 atom stereocenters. The van der Waals surface area contributed by atoms with Gasteiger partial charge in [0.05, 0.1) is 7.11 Å². The summed E-state index contributed by atoms with van der Waals surface area (Å²) < 4.78 is 5.29. The van der Waals surface area contributed by atoms with E-state index in [9.17, 15) is 0 Å². The first-order chi connectivity index (χ1) is 9.49. The quantitative estimate of drug-likeness (QED) is 0.625. The molecule has 0 N–H and O–H groups in total. The molecule has 0 amide bonds. The Balaban J connectivity index is 2.41. The highest BCUT2D eigenvalue weighted by atomic mass is 28.3. The third kappa shape index (κ3) is 3.69. The molecule has 0 saturated heterocycles. The van der Waals surface area contributed by atoms with Gasteiger partial charge in [-0.1, -0.05) is 25.6 Å². The van der Waals surface area contributed by atoms with E-state index < -0.39 is 8.07 Å². The Morgan fingerprint density at radius 2 is 2.00 bits per heavy atom. The molecule has 0 unspecified atom stereocenters. The van der Waals surface area contributed by atoms with E-state index in [1.165, 1.54) is 0 Å². The molecule has 102 valence electrons. The number of hydrogen-bond donors (Lipinski definition) is 0. The molecule has 0 fully saturated rings. The molecule has 0 aliphatic rings. The van der Waals surface area contributed by atoms with Gasteiger partial charge in [0.2, 0.25) is 5.88 Å². The van der Waals surface area contributed by atoms with Crippen LogP contribution in [0.1, 0.15) is 5.56 Å². The maximum Gasteiger partial charge on any atom is 0.221 e. The van der Waals surface area contributed by atoms with Gasteiger partial charge in [-0.25, -0.2) is 4.98 Å². The Labute approximate surface area is 121 Å². The van der Waals surface area contributed by atoms with Crippen LogP contribution in [0.15, 0.2) is 36.8 Å². The third-order valence-corrected chi connectivity index (χ3v) is 3.47. The second-order valence-corrected chi connectivity index (χ2v) is 10.3. The highest BCUT2D eigenvalue weighted by molar-refractivity contribution is 6.83. The Morgan fingerprint density at radius 3 is 2.70 bits per heavy atom. The van der Waals surface area contributed by atoms with Crippen LogP contribution in [0.4, 0.5) is 0 Å². The number of ether oxygens (including phenoxy) is 1. The van der Waals surface area contributed by atoms with Crippen LogP contribution in [0.3, 0.4) is 0 Å². The van der Waals surface area contributed by atoms with Gasteiger partial charge in [-0.05, 0) is 18.2 Å². The lowest BCUT2D eigenvalue weighted by atomic mass is 10.1. The van der Waals surface area contributed by atoms with Crippen molar-refractivity contribution in [1.29, 1.82) is 0 Å². The average Bonchev–Trinajstić information content (AvgIpc) is 2.45. The molecule has 2 rings (SSSR count). The van der Waals surface area contributed by atoms with Crippen molar-refractivity contribution in [3.05, 3.63) is 42.4 Å². The van der Waals surface area contributed by atoms with Crippen LogP contribution in [-0.2, 0) is 0 Å². The molecule has 20 heavy (non-hydrogen) atoms. The molecule has 3 nitrogen and oxygen atoms in total. The Morgan fingerprint density at radius 1 is 1.20 bits per heavy atom. The van der Waals surface area contributed by atoms with Crippen molar-refractivity contribution in [3.8, 4) is 28.5 Å². The predicted octanol–water partition coefficient (Wildman–Crippen LogP) is 3.38. The van der Waals surface area contributed by atoms with E-state index in [-0.39, 0.29) is 0 Å². The normalized spacial score (nSPS) is 10.6. The molecule has 0 spiro atoms. The lowest BCUT2D eigenvalue weighted by molar-refractivity contribution is 0.399. The van der Waals surface area contributed by atoms with Gasteiger partial charge in [-0.3, -0.25) is 4.98 Å². The van der Waals surface area contributed by atoms with Gasteiger partial charge < -0.3 is 4.74 Å². The summed E-state index contributed by atoms with van der Waals surface area (Å²) in [7, 11) is 0.239. The average molecular weight is 282 g/mol. The first kappa shape index (κ1) is 14.3. The van der Waals surface area contributed by atoms with Crippen molar-refractivity contribution in [2.45, 2.75) is 19.6 Å². The summed E-state index contributed by atoms with van der Waals surface area (Å²) >= 11 is 0. The summed E-state index contributed by atoms with van der Waals surface area (Å²) in [4.78, 5) is 8.48. The molecule has 0 aliphatic carbocycles. The molecule has 0 aliphatic heterocycles. The zero-order chi connectivity index (χ0) is 14.6. The Hall–Kier alpha value is -2.12. The van der Waals surface area contributed by atoms with Gasteiger partial charge in [-0.2, -0.15) is 0 Å². The number of aromatic nitrogens is 2. The summed E-state index contributed by atoms with van der Waals surface area (Å²) in [6, 6.07) is 5.89. The van der Waals surface area contributed by atoms with E-state index >= 15 is 0 Å². The first-order valence-electron chi connectivity index (χ1n) is 6.47. The molecule has 0 bridgehead atoms. The summed E-state index contributed by atoms with van der Waals surface area (Å²) in [6.07, 6.45) is 5.31. The van der Waals surface area contributed by atoms with Gasteiger partial charge in [0.1, 0.15) is 8.07 Å². The standard InChI is InChI=1S/C16H18N2OSi/c1-19-16-15(6-5-8-18-16)14-10-13(11-17-12-14)7-9-20(2,3)4/h5-6,8,10-12H,1-4H3. The molecule has 4 heteroatoms. The monoisotopic (exact) mass is 282 g/mol. The predicted molar refractivity (Wildman–Crippen MR) is 84.2 cm³/mol. The molecule has 2 heterocycles. The summed E-state index contributed by atoms with van der Waals surface area (Å²) in [5.41, 5.74) is 6.17. The van der Waals surface area contributed by atoms with Gasteiger partial charge >= 0.3 is 0 Å². The van der Waals surface area contributed by atoms with Crippen LogP contribution < -0.4 is 4.74 Å². The van der Waals surface area contributed by atoms with Crippen LogP contribution in [-0.4, -0.2) is 25.2 Å². The lowest BCUT2D eigenvalue weighted by Gasteiger charge is -2.07. The molecule has 2 aromatic rings. The fourth-order valence-electron chi connectivity index (χ4n) is 1.69. The second-order valence-electron chi connectivity index (χ2n) is 5.52. The second kappa shape index (κ2) is 5.89. The highest BCUT2D eigenvalue weighted by Crippen LogP contribution is 2.27. The summed E-state index contributed by atoms with van der Waals surface area (Å²) in [6.45, 7) is 6.67. The van der Waals surface area contributed by atoms with Crippen molar-refractivity contribution in [3.63, 3.8) is 0 Å². The molecule has 0 saturated carbocycles. The maximum atomic E-state index is 5.29. The Bertz CT molecular complexity index is 666. The van der Waals surface area contributed by atoms with Crippen molar-refractivity contribution in [1.82, 2.24) is 9.97 Å². The van der Waals surface area contributed by atoms with Crippen LogP contribution in [0.25, 0.3) is 11.1 Å². The minimum Gasteiger partial charge on any atom is -0.481 e. The fraction of sp³-hybridized carbons (Fsp3) is 0.250. The van der Waals surface area contributed by atoms with Crippen molar-refractivity contribution >= 4 is 8.07 Å². The van der Waals surface area contributed by atoms with Crippen LogP contribution >= 0.6 is 0 Å². The topological polar surface area (TPSA) is 35.0 Å². The van der Waals surface area contributed by atoms with Crippen LogP contribution in [0.2, 0.25) is 19.6 Å². The highest BCUT2D eigenvalue weighted by Gasteiger charge is 2.09. The minimum atomic E-state index is -1.38. The molecular formula is C16H18N2OSi. The number of methoxy groups -OCH3 is 1. The van der Waals surface area contributed by atoms with Crippen LogP contribution in [0, 0.1) is 11.5 Å². The van der Waals surface area contributed by atoms with Gasteiger partial charge in [0.25, 0.3) is 0 Å². The maximum absolute atomic E-state index is 5.29. The zero-order valence-electron chi connectivity index (χ0n) is 12.3. The number of hydrogen-bond acceptors (Lipinski definition) is 3. The van der Waals surface area contributed by atoms with Crippen molar-refractivity contribution < 1.29 is 4.74 Å². The lowest BCUT2D eigenvalue weighted by Crippen LogP contribution is -2.16. The van der Waals surface area contributed by atoms with Crippen molar-refractivity contribution in [2.75, 3.05) is 7.11 Å². The van der Waals surface area contributed by atoms with E-state index in [1.807, 2.05) is 18.2 Å². The SMILES string of the molecule is COc1ncccc1-c1cncc(C#C[Si](C)(C)C)c1. The van der Waals surface area contributed by atoms with E-state index in [4.69, 9.17) is 4.74 Å². The number of pyridine rings is 2. The van der Waals surface area contributed by atoms with E-state index in [0.29, 0.717) is 5.88 Å². The largest absolute Gasteiger partial charge is 0.481 e. The minimum absolute atomic E-state index is 0.601. The van der Waals surface area contributed by atoms with E-state index in [1.54, 1.807) is 25.7 Å². The molecular weight excluding hydrogens is 264 g/mol. The first-order valence-corrected chi connectivity index (χ1v) is 9.97. The number of rotatable bonds is 2. The smallest absolute Gasteiger partial charge is 0.221 e. The zero-order valence-corrected chi connectivity index (χ0v) is 13.3. The van der Waals surface area contributed by atoms with Crippen molar-refractivity contribution in [2.24, 2.45) is 0 Å². The number of nitrogens with zero attached hydrogens (tertiary/aromatic N) is 2. The van der Waals surface area contributed by atoms with Gasteiger partial charge in [-0.15, -0.1) is 5.54 Å². The third-order valence-electron chi connectivity index (χ3n) is 2.60.